The first-order valence-corrected chi connectivity index (χ1v) is 5.85. The number of hydrogen-bond donors (Lipinski definition) is 1. The molecule has 0 aromatic carbocycles. The van der Waals surface area contributed by atoms with Crippen LogP contribution in [0.15, 0.2) is 11.6 Å². The van der Waals surface area contributed by atoms with Crippen LogP contribution in [0.2, 0.25) is 0 Å². The van der Waals surface area contributed by atoms with Gasteiger partial charge in [-0.05, 0) is 27.2 Å². The molecule has 0 aromatic heterocycles. The number of carbonyl (C=O) groups excluding carboxylic acids is 1. The number of aliphatic hydroxyl groups excluding tert-OH is 1. The highest BCUT2D eigenvalue weighted by molar-refractivity contribution is 5.90. The summed E-state index contributed by atoms with van der Waals surface area (Å²) in [7, 11) is 0. The lowest BCUT2D eigenvalue weighted by molar-refractivity contribution is -0.153. The van der Waals surface area contributed by atoms with Crippen molar-refractivity contribution >= 4 is 5.97 Å². The summed E-state index contributed by atoms with van der Waals surface area (Å²) in [5.41, 5.74) is 0.452. The van der Waals surface area contributed by atoms with E-state index in [0.717, 1.165) is 0 Å². The first-order chi connectivity index (χ1) is 7.94. The van der Waals surface area contributed by atoms with E-state index in [4.69, 9.17) is 14.2 Å². The van der Waals surface area contributed by atoms with Gasteiger partial charge < -0.3 is 19.3 Å². The second-order valence-electron chi connectivity index (χ2n) is 4.70. The van der Waals surface area contributed by atoms with Crippen molar-refractivity contribution in [2.24, 2.45) is 0 Å². The third-order valence-corrected chi connectivity index (χ3v) is 2.91. The van der Waals surface area contributed by atoms with Crippen molar-refractivity contribution in [3.63, 3.8) is 0 Å². The van der Waals surface area contributed by atoms with E-state index in [1.807, 2.05) is 0 Å². The van der Waals surface area contributed by atoms with E-state index < -0.39 is 30.1 Å². The molecule has 0 aromatic rings. The standard InChI is InChI=1S/C12H18O5/c1-4-15-11(14)7-5-6-8(13)10-9(7)16-12(2,3)17-10/h5,8-10,13H,4,6H2,1-3H3/t8-,9+,10-/m1/s1. The molecule has 5 nitrogen and oxygen atoms in total. The van der Waals surface area contributed by atoms with Gasteiger partial charge in [0.25, 0.3) is 0 Å². The summed E-state index contributed by atoms with van der Waals surface area (Å²) in [4.78, 5) is 11.8. The second-order valence-corrected chi connectivity index (χ2v) is 4.70. The summed E-state index contributed by atoms with van der Waals surface area (Å²) in [5, 5.41) is 9.84. The van der Waals surface area contributed by atoms with Gasteiger partial charge in [0, 0.05) is 0 Å². The highest BCUT2D eigenvalue weighted by atomic mass is 16.8. The van der Waals surface area contributed by atoms with Gasteiger partial charge >= 0.3 is 5.97 Å². The average molecular weight is 242 g/mol. The van der Waals surface area contributed by atoms with Crippen LogP contribution in [0.3, 0.4) is 0 Å². The molecule has 1 aliphatic carbocycles. The molecule has 0 saturated carbocycles. The van der Waals surface area contributed by atoms with Gasteiger partial charge in [-0.1, -0.05) is 6.08 Å². The maximum atomic E-state index is 11.8. The molecule has 1 aliphatic heterocycles. The number of fused-ring (bicyclic) bond motifs is 1. The number of carbonyl (C=O) groups is 1. The van der Waals surface area contributed by atoms with Crippen LogP contribution in [0, 0.1) is 0 Å². The smallest absolute Gasteiger partial charge is 0.336 e. The Morgan fingerprint density at radius 1 is 1.59 bits per heavy atom. The zero-order chi connectivity index (χ0) is 12.6. The van der Waals surface area contributed by atoms with Crippen molar-refractivity contribution in [3.8, 4) is 0 Å². The van der Waals surface area contributed by atoms with E-state index in [1.54, 1.807) is 26.8 Å². The van der Waals surface area contributed by atoms with Crippen LogP contribution in [-0.2, 0) is 19.0 Å². The van der Waals surface area contributed by atoms with Crippen LogP contribution < -0.4 is 0 Å². The number of esters is 1. The molecule has 5 heteroatoms. The lowest BCUT2D eigenvalue weighted by Crippen LogP contribution is -2.41. The Balaban J connectivity index is 2.21. The first kappa shape index (κ1) is 12.5. The molecule has 1 saturated heterocycles. The third kappa shape index (κ3) is 2.36. The first-order valence-electron chi connectivity index (χ1n) is 5.85. The van der Waals surface area contributed by atoms with Crippen molar-refractivity contribution in [3.05, 3.63) is 11.6 Å². The maximum Gasteiger partial charge on any atom is 0.336 e. The molecule has 0 amide bonds. The minimum Gasteiger partial charge on any atom is -0.463 e. The summed E-state index contributed by atoms with van der Waals surface area (Å²) >= 11 is 0. The van der Waals surface area contributed by atoms with E-state index >= 15 is 0 Å². The topological polar surface area (TPSA) is 65.0 Å². The fourth-order valence-electron chi connectivity index (χ4n) is 2.22. The maximum absolute atomic E-state index is 11.8. The lowest BCUT2D eigenvalue weighted by Gasteiger charge is -2.26. The van der Waals surface area contributed by atoms with Gasteiger partial charge in [0.15, 0.2) is 5.79 Å². The Kier molecular flexibility index (Phi) is 3.25. The Labute approximate surface area is 100 Å². The zero-order valence-electron chi connectivity index (χ0n) is 10.3. The van der Waals surface area contributed by atoms with Crippen LogP contribution in [0.1, 0.15) is 27.2 Å². The van der Waals surface area contributed by atoms with E-state index in [9.17, 15) is 9.90 Å². The number of hydrogen-bond acceptors (Lipinski definition) is 5. The van der Waals surface area contributed by atoms with Crippen molar-refractivity contribution in [2.75, 3.05) is 6.61 Å². The van der Waals surface area contributed by atoms with Gasteiger partial charge in [0.1, 0.15) is 12.2 Å². The van der Waals surface area contributed by atoms with E-state index in [1.165, 1.54) is 0 Å². The molecule has 0 bridgehead atoms. The Morgan fingerprint density at radius 2 is 2.29 bits per heavy atom. The van der Waals surface area contributed by atoms with Crippen LogP contribution >= 0.6 is 0 Å². The van der Waals surface area contributed by atoms with Crippen LogP contribution in [0.5, 0.6) is 0 Å². The van der Waals surface area contributed by atoms with Gasteiger partial charge in [-0.25, -0.2) is 4.79 Å². The van der Waals surface area contributed by atoms with Crippen LogP contribution in [0.25, 0.3) is 0 Å². The number of ether oxygens (including phenoxy) is 3. The van der Waals surface area contributed by atoms with E-state index in [2.05, 4.69) is 0 Å². The minimum absolute atomic E-state index is 0.320. The minimum atomic E-state index is -0.785. The van der Waals surface area contributed by atoms with Gasteiger partial charge in [-0.3, -0.25) is 0 Å². The molecule has 1 fully saturated rings. The van der Waals surface area contributed by atoms with Crippen LogP contribution in [0.4, 0.5) is 0 Å². The van der Waals surface area contributed by atoms with Crippen molar-refractivity contribution in [2.45, 2.75) is 51.3 Å². The quantitative estimate of drug-likeness (QED) is 0.724. The molecule has 96 valence electrons. The monoisotopic (exact) mass is 242 g/mol. The van der Waals surface area contributed by atoms with E-state index in [-0.39, 0.29) is 0 Å². The molecule has 17 heavy (non-hydrogen) atoms. The molecule has 0 radical (unpaired) electrons. The molecular weight excluding hydrogens is 224 g/mol. The predicted octanol–water partition coefficient (Wildman–Crippen LogP) is 0.761. The molecule has 1 heterocycles. The largest absolute Gasteiger partial charge is 0.463 e. The summed E-state index contributed by atoms with van der Waals surface area (Å²) < 4.78 is 16.2. The van der Waals surface area contributed by atoms with Crippen molar-refractivity contribution < 1.29 is 24.1 Å². The molecule has 2 aliphatic rings. The molecule has 3 atom stereocenters. The fourth-order valence-corrected chi connectivity index (χ4v) is 2.22. The summed E-state index contributed by atoms with van der Waals surface area (Å²) in [5.74, 6) is -1.18. The van der Waals surface area contributed by atoms with Crippen molar-refractivity contribution in [1.82, 2.24) is 0 Å². The second kappa shape index (κ2) is 4.40. The molecule has 1 N–H and O–H groups in total. The average Bonchev–Trinajstić information content (AvgIpc) is 2.55. The third-order valence-electron chi connectivity index (χ3n) is 2.91. The zero-order valence-corrected chi connectivity index (χ0v) is 10.3. The van der Waals surface area contributed by atoms with Gasteiger partial charge in [-0.15, -0.1) is 0 Å². The Bertz CT molecular complexity index is 347. The molecule has 2 rings (SSSR count). The Morgan fingerprint density at radius 3 is 2.94 bits per heavy atom. The van der Waals surface area contributed by atoms with Gasteiger partial charge in [0.2, 0.25) is 0 Å². The summed E-state index contributed by atoms with van der Waals surface area (Å²) in [6.45, 7) is 5.60. The van der Waals surface area contributed by atoms with Gasteiger partial charge in [0.05, 0.1) is 18.3 Å². The predicted molar refractivity (Wildman–Crippen MR) is 59.2 cm³/mol. The van der Waals surface area contributed by atoms with Crippen LogP contribution in [-0.4, -0.2) is 41.8 Å². The Hall–Kier alpha value is -0.910. The summed E-state index contributed by atoms with van der Waals surface area (Å²) in [6.07, 6.45) is 0.394. The molecular formula is C12H18O5. The molecule has 0 unspecified atom stereocenters. The number of rotatable bonds is 2. The lowest BCUT2D eigenvalue weighted by atomic mass is 9.91. The normalized spacial score (nSPS) is 35.1. The molecule has 0 spiro atoms. The van der Waals surface area contributed by atoms with Gasteiger partial charge in [-0.2, -0.15) is 0 Å². The summed E-state index contributed by atoms with van der Waals surface area (Å²) in [6, 6.07) is 0. The highest BCUT2D eigenvalue weighted by Gasteiger charge is 2.49. The number of aliphatic hydroxyl groups is 1. The van der Waals surface area contributed by atoms with Crippen molar-refractivity contribution in [1.29, 1.82) is 0 Å². The fraction of sp³-hybridized carbons (Fsp3) is 0.750. The SMILES string of the molecule is CCOC(=O)C1=CC[C@@H](O)[C@H]2OC(C)(C)O[C@@H]12. The van der Waals surface area contributed by atoms with E-state index in [0.29, 0.717) is 18.6 Å². The highest BCUT2D eigenvalue weighted by Crippen LogP contribution is 2.37.